The normalized spacial score (nSPS) is 26.0. The molecule has 4 bridgehead atoms. The van der Waals surface area contributed by atoms with E-state index in [2.05, 4.69) is 11.4 Å². The average molecular weight is 554 g/mol. The summed E-state index contributed by atoms with van der Waals surface area (Å²) in [5.41, 5.74) is 3.17. The fraction of sp³-hybridized carbons (Fsp3) is 0.452. The molecule has 2 aromatic carbocycles. The third kappa shape index (κ3) is 4.20. The molecule has 0 saturated heterocycles. The molecule has 1 amide bonds. The summed E-state index contributed by atoms with van der Waals surface area (Å²) in [5, 5.41) is 2.64. The van der Waals surface area contributed by atoms with Gasteiger partial charge in [-0.25, -0.2) is 31.9 Å². The summed E-state index contributed by atoms with van der Waals surface area (Å²) in [6.07, 6.45) is 8.09. The van der Waals surface area contributed by atoms with E-state index in [1.807, 2.05) is 18.2 Å². The van der Waals surface area contributed by atoms with Crippen molar-refractivity contribution < 1.29 is 26.7 Å². The largest absolute Gasteiger partial charge is 0.309 e. The maximum atomic E-state index is 14.3. The molecule has 0 radical (unpaired) electrons. The molecule has 4 fully saturated rings. The lowest BCUT2D eigenvalue weighted by Crippen LogP contribution is -2.47. The number of carbonyl (C=O) groups excluding carboxylic acids is 1. The number of hydrogen-bond donors (Lipinski definition) is 1. The van der Waals surface area contributed by atoms with Crippen molar-refractivity contribution in [2.24, 2.45) is 23.2 Å². The summed E-state index contributed by atoms with van der Waals surface area (Å²) in [7, 11) is 0. The Kier molecular flexibility index (Phi) is 5.98. The first-order chi connectivity index (χ1) is 19.2. The number of benzene rings is 2. The summed E-state index contributed by atoms with van der Waals surface area (Å²) < 4.78 is 69.6. The maximum Gasteiger partial charge on any atom is 0.230 e. The Balaban J connectivity index is 1.25. The first kappa shape index (κ1) is 25.6. The van der Waals surface area contributed by atoms with Gasteiger partial charge in [0.2, 0.25) is 11.7 Å². The van der Waals surface area contributed by atoms with Gasteiger partial charge in [-0.3, -0.25) is 4.79 Å². The molecule has 5 aliphatic rings. The SMILES string of the molecule is O=C(Cc1c(F)c(F)c(F)c(F)c1F)Nc1nc2c(nc1CC13CC4CC(CC(C4)C1)C3)-c1ccccc1CC2. The number of carbonyl (C=O) groups is 1. The van der Waals surface area contributed by atoms with Gasteiger partial charge < -0.3 is 5.32 Å². The van der Waals surface area contributed by atoms with Crippen molar-refractivity contribution in [2.45, 2.75) is 64.2 Å². The van der Waals surface area contributed by atoms with Crippen LogP contribution in [0.25, 0.3) is 11.3 Å². The quantitative estimate of drug-likeness (QED) is 0.213. The molecule has 1 aromatic heterocycles. The van der Waals surface area contributed by atoms with E-state index in [1.54, 1.807) is 0 Å². The molecule has 1 heterocycles. The number of aromatic nitrogens is 2. The summed E-state index contributed by atoms with van der Waals surface area (Å²) >= 11 is 0. The summed E-state index contributed by atoms with van der Waals surface area (Å²) in [5.74, 6) is -9.02. The first-order valence-corrected chi connectivity index (χ1v) is 14.0. The zero-order chi connectivity index (χ0) is 27.8. The highest BCUT2D eigenvalue weighted by atomic mass is 19.2. The van der Waals surface area contributed by atoms with E-state index in [4.69, 9.17) is 9.97 Å². The van der Waals surface area contributed by atoms with Gasteiger partial charge in [-0.1, -0.05) is 24.3 Å². The van der Waals surface area contributed by atoms with Crippen LogP contribution in [0.15, 0.2) is 24.3 Å². The van der Waals surface area contributed by atoms with Gasteiger partial charge in [0.1, 0.15) is 0 Å². The van der Waals surface area contributed by atoms with Gasteiger partial charge in [-0.2, -0.15) is 0 Å². The molecule has 0 unspecified atom stereocenters. The van der Waals surface area contributed by atoms with Gasteiger partial charge in [0.05, 0.1) is 23.5 Å². The number of fused-ring (bicyclic) bond motifs is 3. The number of nitrogens with one attached hydrogen (secondary N) is 1. The van der Waals surface area contributed by atoms with Crippen LogP contribution in [0.2, 0.25) is 0 Å². The van der Waals surface area contributed by atoms with Crippen LogP contribution in [0.5, 0.6) is 0 Å². The van der Waals surface area contributed by atoms with Crippen molar-refractivity contribution in [3.05, 3.63) is 75.9 Å². The third-order valence-corrected chi connectivity index (χ3v) is 9.55. The number of hydrogen-bond acceptors (Lipinski definition) is 3. The van der Waals surface area contributed by atoms with E-state index in [0.29, 0.717) is 42.0 Å². The topological polar surface area (TPSA) is 54.9 Å². The van der Waals surface area contributed by atoms with E-state index in [-0.39, 0.29) is 11.2 Å². The predicted octanol–water partition coefficient (Wildman–Crippen LogP) is 6.88. The van der Waals surface area contributed by atoms with Crippen LogP contribution in [0.1, 0.15) is 61.0 Å². The van der Waals surface area contributed by atoms with Gasteiger partial charge >= 0.3 is 0 Å². The van der Waals surface area contributed by atoms with Crippen molar-refractivity contribution in [3.8, 4) is 11.3 Å². The van der Waals surface area contributed by atoms with Crippen LogP contribution in [0.3, 0.4) is 0 Å². The third-order valence-electron chi connectivity index (χ3n) is 9.55. The number of aryl methyl sites for hydroxylation is 2. The molecule has 208 valence electrons. The van der Waals surface area contributed by atoms with Gasteiger partial charge in [0.25, 0.3) is 0 Å². The Bertz CT molecular complexity index is 1490. The van der Waals surface area contributed by atoms with Gasteiger partial charge in [0, 0.05) is 11.1 Å². The summed E-state index contributed by atoms with van der Waals surface area (Å²) in [4.78, 5) is 22.9. The van der Waals surface area contributed by atoms with Crippen LogP contribution in [-0.4, -0.2) is 15.9 Å². The summed E-state index contributed by atoms with van der Waals surface area (Å²) in [6.45, 7) is 0. The van der Waals surface area contributed by atoms with Gasteiger partial charge in [0.15, 0.2) is 29.1 Å². The molecule has 0 atom stereocenters. The first-order valence-electron chi connectivity index (χ1n) is 14.0. The minimum Gasteiger partial charge on any atom is -0.309 e. The van der Waals surface area contributed by atoms with Crippen LogP contribution < -0.4 is 5.32 Å². The number of halogens is 5. The lowest BCUT2D eigenvalue weighted by molar-refractivity contribution is -0.115. The molecule has 8 rings (SSSR count). The Hall–Kier alpha value is -3.36. The van der Waals surface area contributed by atoms with E-state index in [9.17, 15) is 26.7 Å². The van der Waals surface area contributed by atoms with Crippen LogP contribution in [0.4, 0.5) is 27.8 Å². The highest BCUT2D eigenvalue weighted by molar-refractivity contribution is 5.92. The number of anilines is 1. The number of amides is 1. The zero-order valence-corrected chi connectivity index (χ0v) is 21.8. The Labute approximate surface area is 228 Å². The highest BCUT2D eigenvalue weighted by Gasteiger charge is 2.51. The molecule has 4 saturated carbocycles. The minimum atomic E-state index is -2.25. The molecule has 40 heavy (non-hydrogen) atoms. The minimum absolute atomic E-state index is 0.0623. The number of rotatable bonds is 5. The standard InChI is InChI=1S/C31H28F5N3O/c32-24-20(25(33)27(35)28(36)26(24)34)10-23(40)39-30-22(14-31-11-15-7-16(12-31)9-17(8-15)13-31)37-29-19-4-2-1-3-18(19)5-6-21(29)38-30/h1-4,15-17H,5-14H2,(H,38,39,40). The number of nitrogens with zero attached hydrogens (tertiary/aromatic N) is 2. The second-order valence-corrected chi connectivity index (χ2v) is 12.3. The smallest absolute Gasteiger partial charge is 0.230 e. The van der Waals surface area contributed by atoms with Crippen LogP contribution in [0, 0.1) is 52.3 Å². The Morgan fingerprint density at radius 2 is 1.43 bits per heavy atom. The molecular formula is C31H28F5N3O. The molecule has 4 nitrogen and oxygen atoms in total. The Morgan fingerprint density at radius 3 is 2.08 bits per heavy atom. The fourth-order valence-corrected chi connectivity index (χ4v) is 8.34. The monoisotopic (exact) mass is 553 g/mol. The molecular weight excluding hydrogens is 525 g/mol. The fourth-order valence-electron chi connectivity index (χ4n) is 8.34. The molecule has 0 spiro atoms. The van der Waals surface area contributed by atoms with E-state index < -0.39 is 47.0 Å². The zero-order valence-electron chi connectivity index (χ0n) is 21.8. The van der Waals surface area contributed by atoms with Crippen molar-refractivity contribution >= 4 is 11.7 Å². The lowest BCUT2D eigenvalue weighted by atomic mass is 9.48. The van der Waals surface area contributed by atoms with E-state index in [1.165, 1.54) is 24.8 Å². The summed E-state index contributed by atoms with van der Waals surface area (Å²) in [6, 6.07) is 8.02. The highest BCUT2D eigenvalue weighted by Crippen LogP contribution is 2.61. The van der Waals surface area contributed by atoms with E-state index >= 15 is 0 Å². The predicted molar refractivity (Wildman–Crippen MR) is 138 cm³/mol. The van der Waals surface area contributed by atoms with Crippen molar-refractivity contribution in [1.29, 1.82) is 0 Å². The second-order valence-electron chi connectivity index (χ2n) is 12.3. The molecule has 0 aliphatic heterocycles. The van der Waals surface area contributed by atoms with Crippen molar-refractivity contribution in [2.75, 3.05) is 5.32 Å². The van der Waals surface area contributed by atoms with Gasteiger partial charge in [-0.15, -0.1) is 0 Å². The van der Waals surface area contributed by atoms with Gasteiger partial charge in [-0.05, 0) is 86.5 Å². The second kappa shape index (κ2) is 9.35. The van der Waals surface area contributed by atoms with E-state index in [0.717, 1.165) is 36.9 Å². The molecule has 9 heteroatoms. The maximum absolute atomic E-state index is 14.3. The molecule has 1 N–H and O–H groups in total. The van der Waals surface area contributed by atoms with Crippen LogP contribution >= 0.6 is 0 Å². The molecule has 3 aromatic rings. The molecule has 5 aliphatic carbocycles. The average Bonchev–Trinajstić information content (AvgIpc) is 2.92. The van der Waals surface area contributed by atoms with Crippen molar-refractivity contribution in [1.82, 2.24) is 9.97 Å². The lowest BCUT2D eigenvalue weighted by Gasteiger charge is -2.57. The van der Waals surface area contributed by atoms with Crippen molar-refractivity contribution in [3.63, 3.8) is 0 Å². The Morgan fingerprint density at radius 1 is 0.825 bits per heavy atom. The van der Waals surface area contributed by atoms with Crippen LogP contribution in [-0.2, 0) is 30.5 Å².